The minimum absolute atomic E-state index is 0.000653. The Hall–Kier alpha value is -0.660. The van der Waals surface area contributed by atoms with Crippen LogP contribution in [0, 0.1) is 0 Å². The first-order valence-electron chi connectivity index (χ1n) is 3.78. The molecule has 0 amide bonds. The van der Waals surface area contributed by atoms with Crippen LogP contribution in [0.25, 0.3) is 0 Å². The molecule has 0 saturated carbocycles. The molecule has 0 fully saturated rings. The van der Waals surface area contributed by atoms with Crippen LogP contribution in [0.5, 0.6) is 0 Å². The molecule has 6 nitrogen and oxygen atoms in total. The molecule has 0 aliphatic rings. The third-order valence-corrected chi connectivity index (χ3v) is 2.49. The van der Waals surface area contributed by atoms with Crippen molar-refractivity contribution in [2.24, 2.45) is 0 Å². The lowest BCUT2D eigenvalue weighted by Gasteiger charge is -2.02. The Labute approximate surface area is 76.6 Å². The second-order valence-corrected chi connectivity index (χ2v) is 4.28. The van der Waals surface area contributed by atoms with Crippen LogP contribution < -0.4 is 4.72 Å². The molecule has 0 saturated heterocycles. The zero-order valence-electron chi connectivity index (χ0n) is 7.06. The summed E-state index contributed by atoms with van der Waals surface area (Å²) in [6.45, 7) is 0.164. The second-order valence-electron chi connectivity index (χ2n) is 2.48. The van der Waals surface area contributed by atoms with Crippen molar-refractivity contribution >= 4 is 16.0 Å². The predicted molar refractivity (Wildman–Crippen MR) is 45.7 cm³/mol. The molecule has 0 atom stereocenters. The molecule has 0 bridgehead atoms. The normalized spacial score (nSPS) is 11.5. The minimum Gasteiger partial charge on any atom is -0.480 e. The predicted octanol–water partition coefficient (Wildman–Crippen LogP) is -1.24. The van der Waals surface area contributed by atoms with Crippen molar-refractivity contribution in [3.63, 3.8) is 0 Å². The number of aliphatic carboxylic acids is 1. The third-order valence-electron chi connectivity index (χ3n) is 1.22. The number of sulfonamides is 1. The van der Waals surface area contributed by atoms with Gasteiger partial charge in [0.05, 0.1) is 0 Å². The van der Waals surface area contributed by atoms with Crippen LogP contribution in [-0.4, -0.2) is 43.5 Å². The number of hydrogen-bond donors (Lipinski definition) is 3. The number of aliphatic hydroxyl groups excluding tert-OH is 1. The Morgan fingerprint density at radius 1 is 1.31 bits per heavy atom. The van der Waals surface area contributed by atoms with Gasteiger partial charge in [-0.3, -0.25) is 4.79 Å². The van der Waals surface area contributed by atoms with Crippen LogP contribution in [0.15, 0.2) is 0 Å². The van der Waals surface area contributed by atoms with Gasteiger partial charge in [-0.2, -0.15) is 0 Å². The SMILES string of the molecule is O=C(O)CS(=O)(=O)NCCCCO. The van der Waals surface area contributed by atoms with E-state index in [-0.39, 0.29) is 13.2 Å². The van der Waals surface area contributed by atoms with Crippen LogP contribution in [0.3, 0.4) is 0 Å². The molecule has 3 N–H and O–H groups in total. The number of aliphatic hydroxyl groups is 1. The van der Waals surface area contributed by atoms with E-state index in [1.165, 1.54) is 0 Å². The van der Waals surface area contributed by atoms with Crippen LogP contribution in [0.2, 0.25) is 0 Å². The van der Waals surface area contributed by atoms with E-state index in [2.05, 4.69) is 4.72 Å². The van der Waals surface area contributed by atoms with E-state index in [0.717, 1.165) is 0 Å². The van der Waals surface area contributed by atoms with Gasteiger partial charge < -0.3 is 10.2 Å². The van der Waals surface area contributed by atoms with E-state index in [1.807, 2.05) is 0 Å². The average Bonchev–Trinajstić information content (AvgIpc) is 1.95. The first-order chi connectivity index (χ1) is 5.98. The van der Waals surface area contributed by atoms with Crippen molar-refractivity contribution in [1.82, 2.24) is 4.72 Å². The van der Waals surface area contributed by atoms with E-state index in [1.54, 1.807) is 0 Å². The Balaban J connectivity index is 3.71. The van der Waals surface area contributed by atoms with Gasteiger partial charge in [-0.15, -0.1) is 0 Å². The van der Waals surface area contributed by atoms with Crippen molar-refractivity contribution in [2.45, 2.75) is 12.8 Å². The molecule has 0 aliphatic heterocycles. The van der Waals surface area contributed by atoms with Gasteiger partial charge in [0.1, 0.15) is 0 Å². The summed E-state index contributed by atoms with van der Waals surface area (Å²) >= 11 is 0. The van der Waals surface area contributed by atoms with Crippen molar-refractivity contribution in [2.75, 3.05) is 18.9 Å². The summed E-state index contributed by atoms with van der Waals surface area (Å²) in [5, 5.41) is 16.6. The molecule has 0 unspecified atom stereocenters. The standard InChI is InChI=1S/C6H13NO5S/c8-4-2-1-3-7-13(11,12)5-6(9)10/h7-8H,1-5H2,(H,9,10). The number of unbranched alkanes of at least 4 members (excludes halogenated alkanes) is 1. The number of carbonyl (C=O) groups is 1. The summed E-state index contributed by atoms with van der Waals surface area (Å²) in [6.07, 6.45) is 0.991. The molecular formula is C6H13NO5S. The maximum Gasteiger partial charge on any atom is 0.320 e. The molecule has 0 spiro atoms. The first kappa shape index (κ1) is 12.3. The summed E-state index contributed by atoms with van der Waals surface area (Å²) in [5.74, 6) is -2.29. The van der Waals surface area contributed by atoms with Crippen LogP contribution in [-0.2, 0) is 14.8 Å². The van der Waals surface area contributed by atoms with Crippen LogP contribution >= 0.6 is 0 Å². The molecular weight excluding hydrogens is 198 g/mol. The van der Waals surface area contributed by atoms with E-state index in [4.69, 9.17) is 10.2 Å². The number of rotatable bonds is 7. The molecule has 0 aromatic carbocycles. The van der Waals surface area contributed by atoms with Gasteiger partial charge in [0, 0.05) is 13.2 Å². The number of carboxylic acid groups (broad SMARTS) is 1. The van der Waals surface area contributed by atoms with Gasteiger partial charge in [0.15, 0.2) is 5.75 Å². The number of hydrogen-bond acceptors (Lipinski definition) is 4. The van der Waals surface area contributed by atoms with Gasteiger partial charge in [-0.25, -0.2) is 13.1 Å². The monoisotopic (exact) mass is 211 g/mol. The molecule has 0 heterocycles. The quantitative estimate of drug-likeness (QED) is 0.457. The Morgan fingerprint density at radius 3 is 2.38 bits per heavy atom. The van der Waals surface area contributed by atoms with Crippen molar-refractivity contribution in [1.29, 1.82) is 0 Å². The van der Waals surface area contributed by atoms with Crippen LogP contribution in [0.4, 0.5) is 0 Å². The molecule has 0 aromatic heterocycles. The largest absolute Gasteiger partial charge is 0.480 e. The summed E-state index contributed by atoms with van der Waals surface area (Å²) in [4.78, 5) is 10.0. The van der Waals surface area contributed by atoms with E-state index < -0.39 is 21.7 Å². The van der Waals surface area contributed by atoms with Crippen molar-refractivity contribution in [3.05, 3.63) is 0 Å². The van der Waals surface area contributed by atoms with Gasteiger partial charge in [-0.1, -0.05) is 0 Å². The zero-order valence-corrected chi connectivity index (χ0v) is 7.88. The fourth-order valence-electron chi connectivity index (χ4n) is 0.678. The highest BCUT2D eigenvalue weighted by Crippen LogP contribution is 1.88. The molecule has 0 rings (SSSR count). The molecule has 0 aliphatic carbocycles. The van der Waals surface area contributed by atoms with E-state index in [9.17, 15) is 13.2 Å². The minimum atomic E-state index is -3.69. The topological polar surface area (TPSA) is 104 Å². The summed E-state index contributed by atoms with van der Waals surface area (Å²) < 4.78 is 23.8. The average molecular weight is 211 g/mol. The summed E-state index contributed by atoms with van der Waals surface area (Å²) in [6, 6.07) is 0. The smallest absolute Gasteiger partial charge is 0.320 e. The summed E-state index contributed by atoms with van der Waals surface area (Å²) in [7, 11) is -3.69. The van der Waals surface area contributed by atoms with Gasteiger partial charge >= 0.3 is 5.97 Å². The second kappa shape index (κ2) is 5.90. The Kier molecular flexibility index (Phi) is 5.60. The maximum atomic E-state index is 10.8. The van der Waals surface area contributed by atoms with E-state index >= 15 is 0 Å². The number of carboxylic acids is 1. The molecule has 7 heteroatoms. The fourth-order valence-corrected chi connectivity index (χ4v) is 1.56. The first-order valence-corrected chi connectivity index (χ1v) is 5.43. The maximum absolute atomic E-state index is 10.8. The van der Waals surface area contributed by atoms with Crippen molar-refractivity contribution < 1.29 is 23.4 Å². The lowest BCUT2D eigenvalue weighted by Crippen LogP contribution is -2.30. The van der Waals surface area contributed by atoms with Crippen molar-refractivity contribution in [3.8, 4) is 0 Å². The highest BCUT2D eigenvalue weighted by atomic mass is 32.2. The van der Waals surface area contributed by atoms with Crippen LogP contribution in [0.1, 0.15) is 12.8 Å². The highest BCUT2D eigenvalue weighted by Gasteiger charge is 2.13. The summed E-state index contributed by atoms with van der Waals surface area (Å²) in [5.41, 5.74) is 0. The molecule has 0 radical (unpaired) electrons. The molecule has 13 heavy (non-hydrogen) atoms. The Morgan fingerprint density at radius 2 is 1.92 bits per heavy atom. The lowest BCUT2D eigenvalue weighted by atomic mass is 10.3. The fraction of sp³-hybridized carbons (Fsp3) is 0.833. The van der Waals surface area contributed by atoms with Gasteiger partial charge in [0.2, 0.25) is 10.0 Å². The van der Waals surface area contributed by atoms with Gasteiger partial charge in [0.25, 0.3) is 0 Å². The van der Waals surface area contributed by atoms with Gasteiger partial charge in [-0.05, 0) is 12.8 Å². The molecule has 78 valence electrons. The third kappa shape index (κ3) is 7.69. The van der Waals surface area contributed by atoms with E-state index in [0.29, 0.717) is 12.8 Å². The highest BCUT2D eigenvalue weighted by molar-refractivity contribution is 7.90. The molecule has 0 aromatic rings. The zero-order chi connectivity index (χ0) is 10.3. The lowest BCUT2D eigenvalue weighted by molar-refractivity contribution is -0.134. The number of nitrogens with one attached hydrogen (secondary N) is 1. The Bertz CT molecular complexity index is 248.